The highest BCUT2D eigenvalue weighted by atomic mass is 16.5. The number of hydrogen-bond acceptors (Lipinski definition) is 5. The molecule has 1 aliphatic rings. The molecule has 0 saturated carbocycles. The van der Waals surface area contributed by atoms with Crippen LogP contribution in [0.1, 0.15) is 42.6 Å². The number of nitrogen functional groups attached to an aromatic ring is 1. The molecule has 1 aliphatic heterocycles. The Labute approximate surface area is 123 Å². The first-order chi connectivity index (χ1) is 10.2. The summed E-state index contributed by atoms with van der Waals surface area (Å²) in [6, 6.07) is 0. The van der Waals surface area contributed by atoms with E-state index in [1.807, 2.05) is 26.0 Å². The molecule has 110 valence electrons. The third-order valence-electron chi connectivity index (χ3n) is 2.97. The van der Waals surface area contributed by atoms with E-state index in [-0.39, 0.29) is 23.5 Å². The summed E-state index contributed by atoms with van der Waals surface area (Å²) in [7, 11) is 0. The predicted octanol–water partition coefficient (Wildman–Crippen LogP) is 2.24. The maximum absolute atomic E-state index is 12.3. The number of anilines is 1. The number of allylic oxidation sites excluding steroid dienone is 3. The summed E-state index contributed by atoms with van der Waals surface area (Å²) in [6.07, 6.45) is 11.0. The molecule has 1 aromatic rings. The van der Waals surface area contributed by atoms with Gasteiger partial charge in [0, 0.05) is 12.1 Å². The van der Waals surface area contributed by atoms with Crippen molar-refractivity contribution in [2.75, 3.05) is 5.73 Å². The van der Waals surface area contributed by atoms with Crippen molar-refractivity contribution in [2.45, 2.75) is 26.4 Å². The van der Waals surface area contributed by atoms with Crippen molar-refractivity contribution in [3.63, 3.8) is 0 Å². The zero-order valence-electron chi connectivity index (χ0n) is 12.0. The van der Waals surface area contributed by atoms with Crippen LogP contribution in [0.25, 0.3) is 0 Å². The Morgan fingerprint density at radius 1 is 1.52 bits per heavy atom. The lowest BCUT2D eigenvalue weighted by atomic mass is 10.2. The molecule has 0 aromatic carbocycles. The van der Waals surface area contributed by atoms with Crippen molar-refractivity contribution in [3.05, 3.63) is 53.8 Å². The van der Waals surface area contributed by atoms with E-state index in [9.17, 15) is 4.79 Å². The van der Waals surface area contributed by atoms with E-state index in [0.29, 0.717) is 17.8 Å². The number of nitrogens with two attached hydrogens (primary N) is 1. The number of nitrogens with zero attached hydrogens (tertiary/aromatic N) is 2. The number of rotatable bonds is 4. The number of carbonyl (C=O) groups excluding carboxylic acids is 1. The smallest absolute Gasteiger partial charge is 0.278 e. The largest absolute Gasteiger partial charge is 0.492 e. The van der Waals surface area contributed by atoms with Crippen molar-refractivity contribution >= 4 is 11.7 Å². The van der Waals surface area contributed by atoms with Crippen LogP contribution in [0.3, 0.4) is 0 Å². The van der Waals surface area contributed by atoms with Crippen molar-refractivity contribution in [1.82, 2.24) is 15.3 Å². The molecule has 2 rings (SSSR count). The van der Waals surface area contributed by atoms with E-state index >= 15 is 0 Å². The Balaban J connectivity index is 2.21. The van der Waals surface area contributed by atoms with Gasteiger partial charge in [0.25, 0.3) is 5.91 Å². The summed E-state index contributed by atoms with van der Waals surface area (Å²) >= 11 is 0. The van der Waals surface area contributed by atoms with E-state index in [1.165, 1.54) is 6.20 Å². The third kappa shape index (κ3) is 3.47. The highest BCUT2D eigenvalue weighted by Gasteiger charge is 2.20. The van der Waals surface area contributed by atoms with Crippen LogP contribution in [0, 0.1) is 0 Å². The van der Waals surface area contributed by atoms with Crippen LogP contribution >= 0.6 is 0 Å². The molecule has 0 bridgehead atoms. The number of aromatic nitrogens is 2. The SMILES string of the molecule is C/C=C\C(=C/C)NC(=O)c1nc(C2CC=CO2)cnc1N. The Kier molecular flexibility index (Phi) is 4.71. The summed E-state index contributed by atoms with van der Waals surface area (Å²) < 4.78 is 5.38. The lowest BCUT2D eigenvalue weighted by Crippen LogP contribution is -2.25. The molecule has 0 saturated heterocycles. The summed E-state index contributed by atoms with van der Waals surface area (Å²) in [6.45, 7) is 3.70. The first-order valence-corrected chi connectivity index (χ1v) is 6.69. The number of carbonyl (C=O) groups is 1. The van der Waals surface area contributed by atoms with Gasteiger partial charge in [-0.2, -0.15) is 0 Å². The molecule has 1 amide bonds. The highest BCUT2D eigenvalue weighted by Crippen LogP contribution is 2.25. The van der Waals surface area contributed by atoms with Gasteiger partial charge in [0.2, 0.25) is 0 Å². The molecule has 1 aromatic heterocycles. The first-order valence-electron chi connectivity index (χ1n) is 6.69. The Morgan fingerprint density at radius 3 is 2.95 bits per heavy atom. The van der Waals surface area contributed by atoms with Gasteiger partial charge in [0.1, 0.15) is 11.8 Å². The van der Waals surface area contributed by atoms with Gasteiger partial charge in [0.15, 0.2) is 11.5 Å². The Bertz CT molecular complexity index is 612. The van der Waals surface area contributed by atoms with Gasteiger partial charge in [-0.3, -0.25) is 4.79 Å². The molecule has 1 atom stereocenters. The van der Waals surface area contributed by atoms with Crippen LogP contribution in [-0.4, -0.2) is 15.9 Å². The lowest BCUT2D eigenvalue weighted by Gasteiger charge is -2.12. The Morgan fingerprint density at radius 2 is 2.33 bits per heavy atom. The summed E-state index contributed by atoms with van der Waals surface area (Å²) in [5, 5.41) is 2.74. The van der Waals surface area contributed by atoms with Crippen molar-refractivity contribution in [2.24, 2.45) is 0 Å². The van der Waals surface area contributed by atoms with Gasteiger partial charge in [0.05, 0.1) is 12.5 Å². The van der Waals surface area contributed by atoms with Crippen LogP contribution in [0.4, 0.5) is 5.82 Å². The lowest BCUT2D eigenvalue weighted by molar-refractivity contribution is 0.0961. The fraction of sp³-hybridized carbons (Fsp3) is 0.267. The zero-order chi connectivity index (χ0) is 15.2. The van der Waals surface area contributed by atoms with Gasteiger partial charge in [-0.1, -0.05) is 12.2 Å². The van der Waals surface area contributed by atoms with E-state index < -0.39 is 0 Å². The molecule has 3 N–H and O–H groups in total. The van der Waals surface area contributed by atoms with Gasteiger partial charge in [-0.05, 0) is 26.0 Å². The fourth-order valence-corrected chi connectivity index (χ4v) is 1.89. The Hall–Kier alpha value is -2.63. The van der Waals surface area contributed by atoms with Crippen LogP contribution in [0.5, 0.6) is 0 Å². The summed E-state index contributed by atoms with van der Waals surface area (Å²) in [5.41, 5.74) is 7.12. The predicted molar refractivity (Wildman–Crippen MR) is 80.1 cm³/mol. The van der Waals surface area contributed by atoms with E-state index in [0.717, 1.165) is 0 Å². The van der Waals surface area contributed by atoms with Crippen LogP contribution in [0.15, 0.2) is 42.5 Å². The average Bonchev–Trinajstić information content (AvgIpc) is 3.01. The highest BCUT2D eigenvalue weighted by molar-refractivity contribution is 5.97. The van der Waals surface area contributed by atoms with Gasteiger partial charge >= 0.3 is 0 Å². The summed E-state index contributed by atoms with van der Waals surface area (Å²) in [4.78, 5) is 20.6. The van der Waals surface area contributed by atoms with E-state index in [4.69, 9.17) is 10.5 Å². The average molecular weight is 286 g/mol. The molecule has 21 heavy (non-hydrogen) atoms. The second-order valence-electron chi connectivity index (χ2n) is 4.46. The number of amides is 1. The molecule has 0 radical (unpaired) electrons. The van der Waals surface area contributed by atoms with Gasteiger partial charge in [-0.15, -0.1) is 0 Å². The number of ether oxygens (including phenoxy) is 1. The molecule has 0 fully saturated rings. The molecule has 0 spiro atoms. The van der Waals surface area contributed by atoms with Crippen LogP contribution in [0.2, 0.25) is 0 Å². The monoisotopic (exact) mass is 286 g/mol. The molecule has 6 nitrogen and oxygen atoms in total. The van der Waals surface area contributed by atoms with Crippen molar-refractivity contribution in [1.29, 1.82) is 0 Å². The minimum absolute atomic E-state index is 0.0955. The third-order valence-corrected chi connectivity index (χ3v) is 2.97. The second-order valence-corrected chi connectivity index (χ2v) is 4.46. The maximum Gasteiger partial charge on any atom is 0.278 e. The zero-order valence-corrected chi connectivity index (χ0v) is 12.0. The normalized spacial score (nSPS) is 18.0. The molecule has 2 heterocycles. The van der Waals surface area contributed by atoms with Crippen molar-refractivity contribution < 1.29 is 9.53 Å². The van der Waals surface area contributed by atoms with E-state index in [1.54, 1.807) is 18.4 Å². The van der Waals surface area contributed by atoms with E-state index in [2.05, 4.69) is 15.3 Å². The van der Waals surface area contributed by atoms with Crippen LogP contribution in [-0.2, 0) is 4.74 Å². The second kappa shape index (κ2) is 6.69. The topological polar surface area (TPSA) is 90.1 Å². The quantitative estimate of drug-likeness (QED) is 0.828. The molecule has 0 aliphatic carbocycles. The number of hydrogen-bond donors (Lipinski definition) is 2. The first kappa shape index (κ1) is 14.8. The van der Waals surface area contributed by atoms with Crippen molar-refractivity contribution in [3.8, 4) is 0 Å². The molecular formula is C15H18N4O2. The molecule has 1 unspecified atom stereocenters. The minimum atomic E-state index is -0.390. The van der Waals surface area contributed by atoms with Gasteiger partial charge in [-0.25, -0.2) is 9.97 Å². The fourth-order valence-electron chi connectivity index (χ4n) is 1.89. The minimum Gasteiger partial charge on any atom is -0.492 e. The maximum atomic E-state index is 12.3. The summed E-state index contributed by atoms with van der Waals surface area (Å²) in [5.74, 6) is -0.294. The standard InChI is InChI=1S/C15H18N4O2/c1-3-6-10(4-2)18-15(20)13-14(16)17-9-11(19-13)12-7-5-8-21-12/h3-6,8-9,12H,7H2,1-2H3,(H2,16,17)(H,18,20)/b6-3-,10-4+. The van der Waals surface area contributed by atoms with Gasteiger partial charge < -0.3 is 15.8 Å². The number of nitrogens with one attached hydrogen (secondary N) is 1. The van der Waals surface area contributed by atoms with Crippen LogP contribution < -0.4 is 11.1 Å². The molecular weight excluding hydrogens is 268 g/mol. The molecule has 6 heteroatoms.